The lowest BCUT2D eigenvalue weighted by Gasteiger charge is -2.22. The van der Waals surface area contributed by atoms with Gasteiger partial charge in [-0.05, 0) is 73.3 Å². The van der Waals surface area contributed by atoms with Crippen LogP contribution in [0.1, 0.15) is 12.8 Å². The summed E-state index contributed by atoms with van der Waals surface area (Å²) < 4.78 is 37.2. The van der Waals surface area contributed by atoms with Crippen LogP contribution in [0.4, 0.5) is 4.39 Å². The number of hydrogen-bond acceptors (Lipinski definition) is 4. The molecule has 2 aliphatic rings. The Balaban J connectivity index is 1.48. The van der Waals surface area contributed by atoms with Crippen molar-refractivity contribution in [1.29, 1.82) is 0 Å². The minimum Gasteiger partial charge on any atom is -0.609 e. The van der Waals surface area contributed by atoms with Gasteiger partial charge < -0.3 is 19.3 Å². The van der Waals surface area contributed by atoms with E-state index in [4.69, 9.17) is 9.47 Å². The van der Waals surface area contributed by atoms with Gasteiger partial charge in [0.05, 0.1) is 6.61 Å². The summed E-state index contributed by atoms with van der Waals surface area (Å²) in [6, 6.07) is 10.4. The highest BCUT2D eigenvalue weighted by Gasteiger charge is 2.26. The highest BCUT2D eigenvalue weighted by Crippen LogP contribution is 2.36. The number of piperidine rings is 1. The molecule has 0 spiro atoms. The average molecular weight is 361 g/mol. The first-order valence-corrected chi connectivity index (χ1v) is 9.81. The van der Waals surface area contributed by atoms with Crippen molar-refractivity contribution in [2.75, 3.05) is 25.6 Å². The average Bonchev–Trinajstić information content (AvgIpc) is 3.02. The molecule has 0 aliphatic carbocycles. The van der Waals surface area contributed by atoms with Gasteiger partial charge in [-0.25, -0.2) is 4.39 Å². The van der Waals surface area contributed by atoms with Crippen molar-refractivity contribution in [3.63, 3.8) is 0 Å². The van der Waals surface area contributed by atoms with Gasteiger partial charge in [-0.1, -0.05) is 6.07 Å². The Labute approximate surface area is 149 Å². The lowest BCUT2D eigenvalue weighted by atomic mass is 9.99. The maximum Gasteiger partial charge on any atom is 0.250 e. The Hall–Kier alpha value is -1.76. The summed E-state index contributed by atoms with van der Waals surface area (Å²) in [5, 5.41) is 3.31. The van der Waals surface area contributed by atoms with Gasteiger partial charge in [-0.2, -0.15) is 0 Å². The fourth-order valence-corrected chi connectivity index (χ4v) is 4.15. The highest BCUT2D eigenvalue weighted by molar-refractivity contribution is 7.91. The molecule has 0 aromatic heterocycles. The molecule has 1 saturated heterocycles. The van der Waals surface area contributed by atoms with E-state index in [9.17, 15) is 8.94 Å². The second-order valence-corrected chi connectivity index (χ2v) is 7.79. The van der Waals surface area contributed by atoms with E-state index in [0.29, 0.717) is 28.9 Å². The van der Waals surface area contributed by atoms with Crippen LogP contribution in [0, 0.1) is 11.7 Å². The number of fused-ring (bicyclic) bond motifs is 1. The molecular weight excluding hydrogens is 341 g/mol. The second kappa shape index (κ2) is 7.23. The molecule has 1 unspecified atom stereocenters. The lowest BCUT2D eigenvalue weighted by molar-refractivity contribution is 0.208. The number of rotatable bonds is 4. The van der Waals surface area contributed by atoms with E-state index in [1.54, 1.807) is 12.1 Å². The Morgan fingerprint density at radius 3 is 2.72 bits per heavy atom. The third-order valence-electron chi connectivity index (χ3n) is 4.71. The summed E-state index contributed by atoms with van der Waals surface area (Å²) in [5.74, 6) is 1.21. The van der Waals surface area contributed by atoms with E-state index in [1.807, 2.05) is 18.2 Å². The van der Waals surface area contributed by atoms with Crippen molar-refractivity contribution in [2.24, 2.45) is 5.92 Å². The number of benzene rings is 2. The predicted molar refractivity (Wildman–Crippen MR) is 94.8 cm³/mol. The largest absolute Gasteiger partial charge is 0.609 e. The lowest BCUT2D eigenvalue weighted by Crippen LogP contribution is -2.30. The highest BCUT2D eigenvalue weighted by atomic mass is 32.2. The monoisotopic (exact) mass is 361 g/mol. The van der Waals surface area contributed by atoms with Crippen LogP contribution in [0.15, 0.2) is 41.3 Å². The number of nitrogens with one attached hydrogen (secondary N) is 1. The summed E-state index contributed by atoms with van der Waals surface area (Å²) in [6.45, 7) is 2.55. The molecule has 25 heavy (non-hydrogen) atoms. The molecule has 2 aromatic carbocycles. The molecule has 0 saturated carbocycles. The van der Waals surface area contributed by atoms with Crippen molar-refractivity contribution in [2.45, 2.75) is 17.7 Å². The summed E-state index contributed by atoms with van der Waals surface area (Å²) in [7, 11) is 0. The van der Waals surface area contributed by atoms with Gasteiger partial charge >= 0.3 is 0 Å². The fourth-order valence-electron chi connectivity index (χ4n) is 3.22. The Bertz CT molecular complexity index is 764. The first-order valence-electron chi connectivity index (χ1n) is 8.49. The van der Waals surface area contributed by atoms with Crippen LogP contribution in [0.5, 0.6) is 11.5 Å². The van der Waals surface area contributed by atoms with Gasteiger partial charge in [-0.3, -0.25) is 0 Å². The Kier molecular flexibility index (Phi) is 4.83. The number of hydrogen-bond donors (Lipinski definition) is 1. The molecule has 1 N–H and O–H groups in total. The maximum absolute atomic E-state index is 14.4. The first kappa shape index (κ1) is 16.7. The van der Waals surface area contributed by atoms with Crippen LogP contribution < -0.4 is 14.8 Å². The van der Waals surface area contributed by atoms with Gasteiger partial charge in [-0.15, -0.1) is 0 Å². The molecule has 6 heteroatoms. The van der Waals surface area contributed by atoms with Crippen LogP contribution in [-0.4, -0.2) is 30.2 Å². The van der Waals surface area contributed by atoms with Crippen molar-refractivity contribution in [3.05, 3.63) is 42.2 Å². The fraction of sp³-hybridized carbons (Fsp3) is 0.368. The standard InChI is InChI=1S/C19H20FNO3S/c20-16-9-14(15-2-4-19-18(10-15)24-12-25(19)22)1-3-17(16)23-11-13-5-7-21-8-6-13/h1-4,9-10,13,21H,5-8,11-12H2. The molecule has 2 aromatic rings. The van der Waals surface area contributed by atoms with E-state index >= 15 is 0 Å². The van der Waals surface area contributed by atoms with E-state index in [-0.39, 0.29) is 11.8 Å². The zero-order valence-corrected chi connectivity index (χ0v) is 14.6. The molecule has 0 amide bonds. The molecule has 4 rings (SSSR count). The van der Waals surface area contributed by atoms with E-state index in [2.05, 4.69) is 5.32 Å². The molecular formula is C19H20FNO3S. The summed E-state index contributed by atoms with van der Waals surface area (Å²) in [5.41, 5.74) is 1.58. The molecule has 1 atom stereocenters. The van der Waals surface area contributed by atoms with Crippen molar-refractivity contribution in [1.82, 2.24) is 5.32 Å². The summed E-state index contributed by atoms with van der Waals surface area (Å²) in [6.07, 6.45) is 2.13. The van der Waals surface area contributed by atoms with Gasteiger partial charge in [0.2, 0.25) is 0 Å². The van der Waals surface area contributed by atoms with E-state index in [1.165, 1.54) is 6.07 Å². The van der Waals surface area contributed by atoms with Gasteiger partial charge in [0.25, 0.3) is 5.94 Å². The molecule has 4 nitrogen and oxygen atoms in total. The molecule has 0 bridgehead atoms. The zero-order chi connectivity index (χ0) is 17.2. The summed E-state index contributed by atoms with van der Waals surface area (Å²) >= 11 is -1.10. The molecule has 2 aliphatic heterocycles. The maximum atomic E-state index is 14.4. The topological polar surface area (TPSA) is 53.5 Å². The minimum absolute atomic E-state index is 0.191. The number of ether oxygens (including phenoxy) is 2. The third kappa shape index (κ3) is 3.61. The zero-order valence-electron chi connectivity index (χ0n) is 13.8. The Morgan fingerprint density at radius 2 is 1.92 bits per heavy atom. The normalized spacial score (nSPS) is 20.2. The molecule has 132 valence electrons. The van der Waals surface area contributed by atoms with Gasteiger partial charge in [0.1, 0.15) is 0 Å². The first-order chi connectivity index (χ1) is 12.2. The molecule has 2 heterocycles. The molecule has 0 radical (unpaired) electrons. The van der Waals surface area contributed by atoms with Crippen LogP contribution >= 0.6 is 0 Å². The Morgan fingerprint density at radius 1 is 1.16 bits per heavy atom. The second-order valence-electron chi connectivity index (χ2n) is 6.42. The molecule has 1 fully saturated rings. The summed E-state index contributed by atoms with van der Waals surface area (Å²) in [4.78, 5) is 0.700. The van der Waals surface area contributed by atoms with E-state index in [0.717, 1.165) is 37.1 Å². The quantitative estimate of drug-likeness (QED) is 0.849. The van der Waals surface area contributed by atoms with Gasteiger partial charge in [0.15, 0.2) is 22.2 Å². The van der Waals surface area contributed by atoms with Crippen molar-refractivity contribution < 1.29 is 18.4 Å². The third-order valence-corrected chi connectivity index (χ3v) is 5.87. The van der Waals surface area contributed by atoms with Crippen molar-refractivity contribution >= 4 is 11.2 Å². The van der Waals surface area contributed by atoms with Crippen LogP contribution in [0.25, 0.3) is 11.1 Å². The number of halogens is 1. The van der Waals surface area contributed by atoms with Crippen molar-refractivity contribution in [3.8, 4) is 22.6 Å². The van der Waals surface area contributed by atoms with Crippen LogP contribution in [0.2, 0.25) is 0 Å². The predicted octanol–water partition coefficient (Wildman–Crippen LogP) is 3.33. The van der Waals surface area contributed by atoms with Crippen LogP contribution in [0.3, 0.4) is 0 Å². The smallest absolute Gasteiger partial charge is 0.250 e. The minimum atomic E-state index is -1.10. The van der Waals surface area contributed by atoms with Crippen LogP contribution in [-0.2, 0) is 11.2 Å². The van der Waals surface area contributed by atoms with Gasteiger partial charge in [0, 0.05) is 11.2 Å². The van der Waals surface area contributed by atoms with E-state index < -0.39 is 11.2 Å². The SMILES string of the molecule is [O-][S+]1COc2cc(-c3ccc(OCC4CCNCC4)c(F)c3)ccc21.